The molecule has 0 radical (unpaired) electrons. The molecule has 1 atom stereocenters. The van der Waals surface area contributed by atoms with Crippen molar-refractivity contribution in [2.24, 2.45) is 0 Å². The number of benzene rings is 2. The Morgan fingerprint density at radius 3 is 2.75 bits per heavy atom. The number of ether oxygens (including phenoxy) is 3. The average molecular weight is 379 g/mol. The molecule has 142 valence electrons. The molecular formula is C20H17N3O5. The molecule has 28 heavy (non-hydrogen) atoms. The summed E-state index contributed by atoms with van der Waals surface area (Å²) in [5.74, 6) is 2.90. The Labute approximate surface area is 160 Å². The van der Waals surface area contributed by atoms with Gasteiger partial charge in [-0.15, -0.1) is 0 Å². The summed E-state index contributed by atoms with van der Waals surface area (Å²) in [4.78, 5) is 18.7. The van der Waals surface area contributed by atoms with E-state index in [1.807, 2.05) is 42.5 Å². The number of carbonyl (C=O) groups is 1. The number of hydrogen-bond donors (Lipinski definition) is 0. The second kappa shape index (κ2) is 6.56. The summed E-state index contributed by atoms with van der Waals surface area (Å²) >= 11 is 0. The number of methoxy groups -OCH3 is 1. The molecule has 1 aromatic heterocycles. The van der Waals surface area contributed by atoms with Crippen LogP contribution in [0, 0.1) is 0 Å². The number of anilines is 1. The van der Waals surface area contributed by atoms with Crippen molar-refractivity contribution in [3.8, 4) is 28.6 Å². The van der Waals surface area contributed by atoms with Gasteiger partial charge < -0.3 is 23.6 Å². The van der Waals surface area contributed by atoms with E-state index in [9.17, 15) is 4.79 Å². The Bertz CT molecular complexity index is 1030. The third-order valence-electron chi connectivity index (χ3n) is 4.93. The molecule has 0 saturated carbocycles. The number of carbonyl (C=O) groups excluding carboxylic acids is 1. The minimum absolute atomic E-state index is 0.0259. The first-order chi connectivity index (χ1) is 13.7. The molecule has 0 aliphatic carbocycles. The molecule has 5 rings (SSSR count). The predicted octanol–water partition coefficient (Wildman–Crippen LogP) is 2.99. The van der Waals surface area contributed by atoms with Crippen LogP contribution < -0.4 is 19.1 Å². The fourth-order valence-corrected chi connectivity index (χ4v) is 3.44. The molecule has 2 aliphatic heterocycles. The second-order valence-electron chi connectivity index (χ2n) is 6.63. The van der Waals surface area contributed by atoms with E-state index in [1.54, 1.807) is 12.0 Å². The monoisotopic (exact) mass is 379 g/mol. The maximum atomic E-state index is 12.5. The molecule has 0 bridgehead atoms. The summed E-state index contributed by atoms with van der Waals surface area (Å²) in [7, 11) is 1.61. The van der Waals surface area contributed by atoms with Gasteiger partial charge in [-0.05, 0) is 42.5 Å². The van der Waals surface area contributed by atoms with E-state index in [4.69, 9.17) is 18.7 Å². The van der Waals surface area contributed by atoms with Crippen molar-refractivity contribution in [2.45, 2.75) is 12.3 Å². The van der Waals surface area contributed by atoms with Crippen molar-refractivity contribution in [3.05, 3.63) is 48.4 Å². The maximum Gasteiger partial charge on any atom is 0.232 e. The standard InChI is InChI=1S/C20H17N3O5/c1-25-15-5-3-14(4-6-15)23-10-13(9-18(23)24)20-21-19(22-28-20)12-2-7-16-17(8-12)27-11-26-16/h2-8,13H,9-11H2,1H3. The number of nitrogens with zero attached hydrogens (tertiary/aromatic N) is 3. The third-order valence-corrected chi connectivity index (χ3v) is 4.93. The molecule has 1 fully saturated rings. The molecule has 0 spiro atoms. The Hall–Kier alpha value is -3.55. The van der Waals surface area contributed by atoms with Gasteiger partial charge in [0.15, 0.2) is 11.5 Å². The largest absolute Gasteiger partial charge is 0.497 e. The lowest BCUT2D eigenvalue weighted by Gasteiger charge is -2.16. The normalized spacial score (nSPS) is 18.0. The Morgan fingerprint density at radius 1 is 1.11 bits per heavy atom. The summed E-state index contributed by atoms with van der Waals surface area (Å²) in [6.45, 7) is 0.704. The van der Waals surface area contributed by atoms with E-state index in [1.165, 1.54) is 0 Å². The van der Waals surface area contributed by atoms with Crippen LogP contribution in [0.4, 0.5) is 5.69 Å². The van der Waals surface area contributed by atoms with Crippen LogP contribution in [-0.2, 0) is 4.79 Å². The van der Waals surface area contributed by atoms with Crippen molar-refractivity contribution < 1.29 is 23.5 Å². The van der Waals surface area contributed by atoms with Gasteiger partial charge in [-0.2, -0.15) is 4.98 Å². The zero-order chi connectivity index (χ0) is 19.1. The number of fused-ring (bicyclic) bond motifs is 1. The van der Waals surface area contributed by atoms with Crippen LogP contribution in [0.1, 0.15) is 18.2 Å². The highest BCUT2D eigenvalue weighted by molar-refractivity contribution is 5.96. The zero-order valence-electron chi connectivity index (χ0n) is 15.1. The first-order valence-electron chi connectivity index (χ1n) is 8.89. The fourth-order valence-electron chi connectivity index (χ4n) is 3.44. The van der Waals surface area contributed by atoms with E-state index in [0.29, 0.717) is 36.2 Å². The molecule has 3 aromatic rings. The summed E-state index contributed by atoms with van der Waals surface area (Å²) in [6.07, 6.45) is 0.328. The zero-order valence-corrected chi connectivity index (χ0v) is 15.1. The molecule has 8 heteroatoms. The smallest absolute Gasteiger partial charge is 0.232 e. The van der Waals surface area contributed by atoms with Gasteiger partial charge >= 0.3 is 0 Å². The van der Waals surface area contributed by atoms with Crippen molar-refractivity contribution in [1.82, 2.24) is 10.1 Å². The SMILES string of the molecule is COc1ccc(N2CC(c3nc(-c4ccc5c(c4)OCO5)no3)CC2=O)cc1. The van der Waals surface area contributed by atoms with Gasteiger partial charge in [0.25, 0.3) is 0 Å². The lowest BCUT2D eigenvalue weighted by Crippen LogP contribution is -2.24. The van der Waals surface area contributed by atoms with Gasteiger partial charge in [0.1, 0.15) is 5.75 Å². The maximum absolute atomic E-state index is 12.5. The van der Waals surface area contributed by atoms with Crippen molar-refractivity contribution in [2.75, 3.05) is 25.3 Å². The van der Waals surface area contributed by atoms with E-state index in [0.717, 1.165) is 17.0 Å². The lowest BCUT2D eigenvalue weighted by molar-refractivity contribution is -0.117. The molecule has 2 aromatic carbocycles. The summed E-state index contributed by atoms with van der Waals surface area (Å²) in [5.41, 5.74) is 1.60. The Morgan fingerprint density at radius 2 is 1.93 bits per heavy atom. The first-order valence-corrected chi connectivity index (χ1v) is 8.89. The molecular weight excluding hydrogens is 362 g/mol. The minimum Gasteiger partial charge on any atom is -0.497 e. The van der Waals surface area contributed by atoms with Gasteiger partial charge in [-0.3, -0.25) is 4.79 Å². The first kappa shape index (κ1) is 16.6. The highest BCUT2D eigenvalue weighted by Gasteiger charge is 2.35. The summed E-state index contributed by atoms with van der Waals surface area (Å²) in [5, 5.41) is 4.07. The minimum atomic E-state index is -0.148. The van der Waals surface area contributed by atoms with Crippen LogP contribution in [0.15, 0.2) is 47.0 Å². The van der Waals surface area contributed by atoms with E-state index >= 15 is 0 Å². The van der Waals surface area contributed by atoms with Crippen LogP contribution in [0.25, 0.3) is 11.4 Å². The van der Waals surface area contributed by atoms with Crippen molar-refractivity contribution in [3.63, 3.8) is 0 Å². The number of hydrogen-bond acceptors (Lipinski definition) is 7. The lowest BCUT2D eigenvalue weighted by atomic mass is 10.1. The molecule has 1 unspecified atom stereocenters. The van der Waals surface area contributed by atoms with E-state index < -0.39 is 0 Å². The molecule has 1 saturated heterocycles. The van der Waals surface area contributed by atoms with Crippen molar-refractivity contribution >= 4 is 11.6 Å². The Kier molecular flexibility index (Phi) is 3.89. The van der Waals surface area contributed by atoms with Crippen LogP contribution >= 0.6 is 0 Å². The quantitative estimate of drug-likeness (QED) is 0.689. The fraction of sp³-hybridized carbons (Fsp3) is 0.250. The van der Waals surface area contributed by atoms with Crippen molar-refractivity contribution in [1.29, 1.82) is 0 Å². The van der Waals surface area contributed by atoms with Gasteiger partial charge in [-0.1, -0.05) is 5.16 Å². The number of rotatable bonds is 4. The Balaban J connectivity index is 1.35. The van der Waals surface area contributed by atoms with Gasteiger partial charge in [0.2, 0.25) is 24.4 Å². The molecule has 2 aliphatic rings. The van der Waals surface area contributed by atoms with Gasteiger partial charge in [-0.25, -0.2) is 0 Å². The number of amides is 1. The summed E-state index contributed by atoms with van der Waals surface area (Å²) in [6, 6.07) is 12.9. The van der Waals surface area contributed by atoms with Crippen LogP contribution in [0.5, 0.6) is 17.2 Å². The van der Waals surface area contributed by atoms with Gasteiger partial charge in [0.05, 0.1) is 13.0 Å². The van der Waals surface area contributed by atoms with E-state index in [2.05, 4.69) is 10.1 Å². The van der Waals surface area contributed by atoms with Crippen LogP contribution in [-0.4, -0.2) is 36.5 Å². The van der Waals surface area contributed by atoms with E-state index in [-0.39, 0.29) is 18.6 Å². The highest BCUT2D eigenvalue weighted by atomic mass is 16.7. The van der Waals surface area contributed by atoms with Crippen LogP contribution in [0.3, 0.4) is 0 Å². The topological polar surface area (TPSA) is 86.9 Å². The molecule has 3 heterocycles. The average Bonchev–Trinajstić information content (AvgIpc) is 3.46. The highest BCUT2D eigenvalue weighted by Crippen LogP contribution is 2.36. The summed E-state index contributed by atoms with van der Waals surface area (Å²) < 4.78 is 21.3. The molecule has 8 nitrogen and oxygen atoms in total. The third kappa shape index (κ3) is 2.83. The predicted molar refractivity (Wildman–Crippen MR) is 98.6 cm³/mol. The van der Waals surface area contributed by atoms with Gasteiger partial charge in [0, 0.05) is 24.2 Å². The number of aromatic nitrogens is 2. The molecule has 1 amide bonds. The molecule has 0 N–H and O–H groups in total. The second-order valence-corrected chi connectivity index (χ2v) is 6.63. The van der Waals surface area contributed by atoms with Crippen LogP contribution in [0.2, 0.25) is 0 Å².